The van der Waals surface area contributed by atoms with Gasteiger partial charge in [-0.3, -0.25) is 0 Å². The van der Waals surface area contributed by atoms with Crippen molar-refractivity contribution < 1.29 is 9.15 Å². The second-order valence-electron chi connectivity index (χ2n) is 9.83. The number of ether oxygens (including phenoxy) is 1. The van der Waals surface area contributed by atoms with Gasteiger partial charge in [0.1, 0.15) is 11.9 Å². The summed E-state index contributed by atoms with van der Waals surface area (Å²) in [6, 6.07) is 22.9. The van der Waals surface area contributed by atoms with Crippen molar-refractivity contribution in [2.45, 2.75) is 19.8 Å². The molecule has 8 rings (SSSR count). The Labute approximate surface area is 226 Å². The fraction of sp³-hybridized carbons (Fsp3) is 0.0968. The molecule has 0 amide bonds. The van der Waals surface area contributed by atoms with Gasteiger partial charge >= 0.3 is 5.63 Å². The van der Waals surface area contributed by atoms with Crippen LogP contribution in [0.25, 0.3) is 39.0 Å². The van der Waals surface area contributed by atoms with Crippen molar-refractivity contribution >= 4 is 27.6 Å². The molecule has 4 aromatic heterocycles. The Kier molecular flexibility index (Phi) is 4.66. The van der Waals surface area contributed by atoms with Crippen molar-refractivity contribution in [3.8, 4) is 23.0 Å². The Balaban J connectivity index is 1.48. The van der Waals surface area contributed by atoms with Gasteiger partial charge in [0, 0.05) is 5.56 Å². The third-order valence-electron chi connectivity index (χ3n) is 7.40. The first-order valence-corrected chi connectivity index (χ1v) is 12.8. The van der Waals surface area contributed by atoms with Crippen LogP contribution in [0, 0.1) is 13.8 Å². The molecule has 9 heteroatoms. The molecule has 0 fully saturated rings. The molecule has 192 valence electrons. The van der Waals surface area contributed by atoms with Gasteiger partial charge in [-0.25, -0.2) is 29.2 Å². The number of hydrogen-bond donors (Lipinski definition) is 0. The van der Waals surface area contributed by atoms with Gasteiger partial charge in [0.2, 0.25) is 5.88 Å². The molecule has 0 N–H and O–H groups in total. The summed E-state index contributed by atoms with van der Waals surface area (Å²) >= 11 is 0. The second kappa shape index (κ2) is 8.28. The maximum absolute atomic E-state index is 13.7. The van der Waals surface area contributed by atoms with Crippen molar-refractivity contribution in [3.05, 3.63) is 118 Å². The van der Waals surface area contributed by atoms with Gasteiger partial charge in [0.25, 0.3) is 0 Å². The van der Waals surface area contributed by atoms with Crippen LogP contribution >= 0.6 is 0 Å². The minimum absolute atomic E-state index is 0.328. The highest BCUT2D eigenvalue weighted by molar-refractivity contribution is 5.87. The SMILES string of the molecule is Cc1ccccc1-c1nc2c3c(ncn2n1)Oc1c(c(=O)oc2ccccc12)C3c1nc2ccccc2nc1C. The number of nitrogens with zero attached hydrogens (tertiary/aromatic N) is 6. The molecule has 1 aliphatic heterocycles. The molecule has 0 spiro atoms. The highest BCUT2D eigenvalue weighted by Crippen LogP contribution is 2.49. The summed E-state index contributed by atoms with van der Waals surface area (Å²) in [7, 11) is 0. The van der Waals surface area contributed by atoms with Gasteiger partial charge < -0.3 is 9.15 Å². The highest BCUT2D eigenvalue weighted by Gasteiger charge is 2.39. The van der Waals surface area contributed by atoms with E-state index < -0.39 is 11.5 Å². The molecule has 1 atom stereocenters. The molecule has 0 bridgehead atoms. The lowest BCUT2D eigenvalue weighted by atomic mass is 9.86. The topological polar surface area (TPSA) is 108 Å². The molecule has 0 aliphatic carbocycles. The molecule has 1 aliphatic rings. The summed E-state index contributed by atoms with van der Waals surface area (Å²) in [5.74, 6) is 0.569. The predicted molar refractivity (Wildman–Crippen MR) is 149 cm³/mol. The van der Waals surface area contributed by atoms with E-state index in [1.165, 1.54) is 0 Å². The average molecular weight is 525 g/mol. The van der Waals surface area contributed by atoms with Crippen LogP contribution in [-0.2, 0) is 0 Å². The maximum Gasteiger partial charge on any atom is 0.344 e. The number of fused-ring (bicyclic) bond motifs is 7. The first-order chi connectivity index (χ1) is 19.6. The van der Waals surface area contributed by atoms with Gasteiger partial charge in [-0.15, -0.1) is 5.10 Å². The van der Waals surface area contributed by atoms with E-state index in [-0.39, 0.29) is 0 Å². The number of aryl methyl sites for hydroxylation is 2. The second-order valence-corrected chi connectivity index (χ2v) is 9.83. The zero-order chi connectivity index (χ0) is 27.0. The lowest BCUT2D eigenvalue weighted by Crippen LogP contribution is -2.24. The summed E-state index contributed by atoms with van der Waals surface area (Å²) in [4.78, 5) is 33.1. The van der Waals surface area contributed by atoms with Crippen LogP contribution in [0.1, 0.15) is 34.0 Å². The smallest absolute Gasteiger partial charge is 0.344 e. The Bertz CT molecular complexity index is 2220. The third-order valence-corrected chi connectivity index (χ3v) is 7.40. The summed E-state index contributed by atoms with van der Waals surface area (Å²) in [6.07, 6.45) is 1.58. The average Bonchev–Trinajstić information content (AvgIpc) is 3.40. The lowest BCUT2D eigenvalue weighted by Gasteiger charge is -2.27. The molecule has 9 nitrogen and oxygen atoms in total. The standard InChI is InChI=1S/C31H20N6O3/c1-16-9-3-4-10-18(16)28-35-29-25-23(26-17(2)33-20-12-6-7-13-21(20)34-26)24-27(40-30(25)32-15-37(29)36-28)19-11-5-8-14-22(19)39-31(24)38/h3-15,23H,1-2H3. The van der Waals surface area contributed by atoms with E-state index in [9.17, 15) is 4.79 Å². The highest BCUT2D eigenvalue weighted by atomic mass is 16.5. The normalized spacial score (nSPS) is 14.3. The van der Waals surface area contributed by atoms with Crippen LogP contribution in [-0.4, -0.2) is 29.5 Å². The van der Waals surface area contributed by atoms with Gasteiger partial charge in [0.15, 0.2) is 17.2 Å². The number of aromatic nitrogens is 6. The molecule has 5 heterocycles. The Morgan fingerprint density at radius 3 is 2.42 bits per heavy atom. The first kappa shape index (κ1) is 22.5. The Morgan fingerprint density at radius 1 is 0.825 bits per heavy atom. The number of para-hydroxylation sites is 3. The van der Waals surface area contributed by atoms with Crippen molar-refractivity contribution in [1.29, 1.82) is 0 Å². The Hall–Kier alpha value is -5.44. The van der Waals surface area contributed by atoms with Crippen molar-refractivity contribution in [2.75, 3.05) is 0 Å². The molecule has 0 saturated carbocycles. The molecular weight excluding hydrogens is 504 g/mol. The molecule has 7 aromatic rings. The van der Waals surface area contributed by atoms with Crippen LogP contribution in [0.15, 0.2) is 88.3 Å². The third kappa shape index (κ3) is 3.21. The molecular formula is C31H20N6O3. The Morgan fingerprint density at radius 2 is 1.57 bits per heavy atom. The van der Waals surface area contributed by atoms with Crippen molar-refractivity contribution in [1.82, 2.24) is 29.5 Å². The summed E-state index contributed by atoms with van der Waals surface area (Å²) < 4.78 is 13.8. The lowest BCUT2D eigenvalue weighted by molar-refractivity contribution is 0.421. The van der Waals surface area contributed by atoms with E-state index in [2.05, 4.69) is 4.98 Å². The number of rotatable bonds is 2. The monoisotopic (exact) mass is 524 g/mol. The quantitative estimate of drug-likeness (QED) is 0.263. The van der Waals surface area contributed by atoms with Gasteiger partial charge in [0.05, 0.1) is 44.9 Å². The number of hydrogen-bond acceptors (Lipinski definition) is 8. The van der Waals surface area contributed by atoms with Crippen LogP contribution in [0.3, 0.4) is 0 Å². The van der Waals surface area contributed by atoms with Crippen molar-refractivity contribution in [3.63, 3.8) is 0 Å². The molecule has 0 saturated heterocycles. The summed E-state index contributed by atoms with van der Waals surface area (Å²) in [6.45, 7) is 3.91. The zero-order valence-corrected chi connectivity index (χ0v) is 21.5. The van der Waals surface area contributed by atoms with Crippen LogP contribution in [0.5, 0.6) is 11.6 Å². The van der Waals surface area contributed by atoms with E-state index in [1.807, 2.05) is 80.6 Å². The minimum Gasteiger partial charge on any atom is -0.437 e. The maximum atomic E-state index is 13.7. The van der Waals surface area contributed by atoms with E-state index >= 15 is 0 Å². The van der Waals surface area contributed by atoms with E-state index in [0.717, 1.165) is 16.6 Å². The van der Waals surface area contributed by atoms with Crippen molar-refractivity contribution in [2.24, 2.45) is 0 Å². The van der Waals surface area contributed by atoms with E-state index in [1.54, 1.807) is 16.9 Å². The summed E-state index contributed by atoms with van der Waals surface area (Å²) in [5.41, 5.74) is 6.04. The first-order valence-electron chi connectivity index (χ1n) is 12.8. The van der Waals surface area contributed by atoms with Crippen LogP contribution in [0.4, 0.5) is 0 Å². The van der Waals surface area contributed by atoms with E-state index in [0.29, 0.717) is 62.1 Å². The fourth-order valence-electron chi connectivity index (χ4n) is 5.52. The molecule has 3 aromatic carbocycles. The van der Waals surface area contributed by atoms with Crippen LogP contribution < -0.4 is 10.4 Å². The van der Waals surface area contributed by atoms with Crippen LogP contribution in [0.2, 0.25) is 0 Å². The molecule has 1 unspecified atom stereocenters. The molecule has 40 heavy (non-hydrogen) atoms. The largest absolute Gasteiger partial charge is 0.437 e. The predicted octanol–water partition coefficient (Wildman–Crippen LogP) is 5.74. The molecule has 0 radical (unpaired) electrons. The fourth-order valence-corrected chi connectivity index (χ4v) is 5.52. The number of benzene rings is 3. The summed E-state index contributed by atoms with van der Waals surface area (Å²) in [5, 5.41) is 5.40. The zero-order valence-electron chi connectivity index (χ0n) is 21.5. The minimum atomic E-state index is -0.707. The van der Waals surface area contributed by atoms with E-state index in [4.69, 9.17) is 29.2 Å². The van der Waals surface area contributed by atoms with Gasteiger partial charge in [-0.05, 0) is 43.7 Å². The van der Waals surface area contributed by atoms with Gasteiger partial charge in [-0.2, -0.15) is 0 Å². The van der Waals surface area contributed by atoms with Gasteiger partial charge in [-0.1, -0.05) is 48.5 Å².